The van der Waals surface area contributed by atoms with E-state index in [9.17, 15) is 29.4 Å². The van der Waals surface area contributed by atoms with E-state index >= 15 is 4.79 Å². The van der Waals surface area contributed by atoms with Crippen molar-refractivity contribution in [2.24, 2.45) is 0 Å². The number of aliphatic hydroxyl groups is 1. The molecule has 3 aromatic rings. The maximum Gasteiger partial charge on any atom is 0.415 e. The number of aromatic hydroxyl groups is 1. The Morgan fingerprint density at radius 3 is 2.22 bits per heavy atom. The third kappa shape index (κ3) is 5.48. The standard InChI is InChI=1S/C46H42N2O11Si/c1-7-23-57-44(55)48-33-19-13-11-12-14-20-34(50)46(45(33,59-46)26(5)58-60(8-2,9-3)10-4)31-24-32(49)36-37(38(31)48)39(51)30-22-21-27(41(56-6)35(30)40(36)52)25-47-42(53)28-17-15-16-18-29(28)43(47)54/h7,11-12,15-18,21-22,24,26,33-34,49-50H,1,8-10,23,25H2,2-6H3/b12-11-/t26-,33+,34-,45+,46+/m1/s1. The van der Waals surface area contributed by atoms with Gasteiger partial charge in [-0.3, -0.25) is 29.0 Å². The molecular formula is C46H42N2O11Si. The number of ether oxygens (including phenoxy) is 3. The van der Waals surface area contributed by atoms with E-state index in [-0.39, 0.29) is 63.5 Å². The van der Waals surface area contributed by atoms with Crippen molar-refractivity contribution in [1.82, 2.24) is 4.90 Å². The highest BCUT2D eigenvalue weighted by molar-refractivity contribution is 6.73. The van der Waals surface area contributed by atoms with Crippen LogP contribution in [-0.4, -0.2) is 90.5 Å². The Kier molecular flexibility index (Phi) is 9.96. The van der Waals surface area contributed by atoms with Crippen LogP contribution in [0.2, 0.25) is 18.1 Å². The number of carbonyl (C=O) groups is 5. The number of phenols is 1. The summed E-state index contributed by atoms with van der Waals surface area (Å²) in [5.41, 5.74) is -4.05. The minimum Gasteiger partial charge on any atom is -0.507 e. The van der Waals surface area contributed by atoms with E-state index < -0.39 is 78.6 Å². The minimum atomic E-state index is -2.42. The number of hydrogen-bond donors (Lipinski definition) is 2. The molecule has 2 bridgehead atoms. The highest BCUT2D eigenvalue weighted by atomic mass is 28.4. The lowest BCUT2D eigenvalue weighted by atomic mass is 9.68. The van der Waals surface area contributed by atoms with Gasteiger partial charge in [-0.2, -0.15) is 0 Å². The summed E-state index contributed by atoms with van der Waals surface area (Å²) in [5.74, 6) is 8.29. The number of hydrogen-bond acceptors (Lipinski definition) is 11. The van der Waals surface area contributed by atoms with E-state index in [1.54, 1.807) is 31.2 Å². The van der Waals surface area contributed by atoms with Crippen LogP contribution in [0.5, 0.6) is 11.5 Å². The van der Waals surface area contributed by atoms with Crippen molar-refractivity contribution in [2.45, 2.75) is 81.8 Å². The first-order valence-corrected chi connectivity index (χ1v) is 22.3. The summed E-state index contributed by atoms with van der Waals surface area (Å²) in [6, 6.07) is 11.5. The molecule has 60 heavy (non-hydrogen) atoms. The molecule has 1 fully saturated rings. The van der Waals surface area contributed by atoms with E-state index in [2.05, 4.69) is 51.0 Å². The number of carbonyl (C=O) groups excluding carboxylic acids is 5. The van der Waals surface area contributed by atoms with Gasteiger partial charge in [0.05, 0.1) is 53.3 Å². The largest absolute Gasteiger partial charge is 0.507 e. The molecule has 306 valence electrons. The van der Waals surface area contributed by atoms with Crippen LogP contribution < -0.4 is 9.64 Å². The lowest BCUT2D eigenvalue weighted by Gasteiger charge is -2.45. The van der Waals surface area contributed by atoms with Gasteiger partial charge in [-0.1, -0.05) is 75.3 Å². The fraction of sp³-hybridized carbons (Fsp3) is 0.326. The highest BCUT2D eigenvalue weighted by Crippen LogP contribution is 2.69. The van der Waals surface area contributed by atoms with Crippen molar-refractivity contribution in [3.8, 4) is 35.2 Å². The Labute approximate surface area is 347 Å². The second-order valence-corrected chi connectivity index (χ2v) is 19.9. The SMILES string of the molecule is C=CCOC(=O)N1c2c(cc(O)c3c2C(=O)c2ccc(CN4C(=O)c5ccccc5C4=O)c(OC)c2C3=O)[C@@]23O[C@@]2([C@@H](C)O[Si](CC)(CC)CC)[C@@H]1C#C/C=C\C#C[C@H]3O. The number of ketones is 2. The first-order valence-electron chi connectivity index (χ1n) is 19.8. The number of fused-ring (bicyclic) bond motifs is 5. The normalized spacial score (nSPS) is 24.0. The summed E-state index contributed by atoms with van der Waals surface area (Å²) in [7, 11) is -1.14. The number of benzene rings is 3. The first-order chi connectivity index (χ1) is 28.8. The molecule has 2 N–H and O–H groups in total. The highest BCUT2D eigenvalue weighted by Gasteiger charge is 2.84. The molecule has 2 aliphatic carbocycles. The number of nitrogens with zero attached hydrogens (tertiary/aromatic N) is 2. The predicted octanol–water partition coefficient (Wildman–Crippen LogP) is 5.80. The Balaban J connectivity index is 1.34. The molecule has 5 aliphatic rings. The van der Waals surface area contributed by atoms with Crippen molar-refractivity contribution >= 4 is 43.5 Å². The number of amides is 3. The molecule has 0 unspecified atom stereocenters. The van der Waals surface area contributed by atoms with Gasteiger partial charge >= 0.3 is 6.09 Å². The number of methoxy groups -OCH3 is 1. The van der Waals surface area contributed by atoms with Crippen molar-refractivity contribution in [3.05, 3.63) is 112 Å². The zero-order valence-corrected chi connectivity index (χ0v) is 34.7. The van der Waals surface area contributed by atoms with Crippen molar-refractivity contribution in [2.75, 3.05) is 18.6 Å². The molecule has 13 nitrogen and oxygen atoms in total. The third-order valence-electron chi connectivity index (χ3n) is 12.6. The second-order valence-electron chi connectivity index (χ2n) is 15.2. The molecule has 3 aromatic carbocycles. The first kappa shape index (κ1) is 40.5. The van der Waals surface area contributed by atoms with E-state index in [0.29, 0.717) is 0 Å². The summed E-state index contributed by atoms with van der Waals surface area (Å²) < 4.78 is 25.2. The summed E-state index contributed by atoms with van der Waals surface area (Å²) in [6.45, 7) is 11.1. The number of imide groups is 1. The van der Waals surface area contributed by atoms with E-state index in [0.717, 1.165) is 27.9 Å². The maximum absolute atomic E-state index is 15.1. The number of anilines is 1. The zero-order chi connectivity index (χ0) is 42.9. The van der Waals surface area contributed by atoms with Gasteiger partial charge in [-0.05, 0) is 61.5 Å². The Hall–Kier alpha value is -6.29. The van der Waals surface area contributed by atoms with Gasteiger partial charge in [-0.15, -0.1) is 0 Å². The van der Waals surface area contributed by atoms with Crippen LogP contribution >= 0.6 is 0 Å². The molecule has 5 atom stereocenters. The number of phenolic OH excluding ortho intramolecular Hbond substituents is 1. The molecule has 14 heteroatoms. The average Bonchev–Trinajstić information content (AvgIpc) is 3.93. The van der Waals surface area contributed by atoms with Gasteiger partial charge in [-0.25, -0.2) is 4.79 Å². The van der Waals surface area contributed by atoms with Crippen molar-refractivity contribution < 1.29 is 52.8 Å². The van der Waals surface area contributed by atoms with Crippen molar-refractivity contribution in [1.29, 1.82) is 0 Å². The fourth-order valence-corrected chi connectivity index (χ4v) is 12.4. The fourth-order valence-electron chi connectivity index (χ4n) is 9.43. The lowest BCUT2D eigenvalue weighted by Crippen LogP contribution is -2.63. The van der Waals surface area contributed by atoms with Crippen LogP contribution in [0.25, 0.3) is 0 Å². The predicted molar refractivity (Wildman–Crippen MR) is 220 cm³/mol. The van der Waals surface area contributed by atoms with Crippen LogP contribution in [0.4, 0.5) is 10.5 Å². The molecule has 0 saturated carbocycles. The molecular weight excluding hydrogens is 785 g/mol. The van der Waals surface area contributed by atoms with E-state index in [4.69, 9.17) is 18.6 Å². The monoisotopic (exact) mass is 826 g/mol. The number of rotatable bonds is 11. The second kappa shape index (κ2) is 14.8. The zero-order valence-electron chi connectivity index (χ0n) is 33.7. The van der Waals surface area contributed by atoms with Gasteiger partial charge in [0.2, 0.25) is 5.78 Å². The van der Waals surface area contributed by atoms with Crippen LogP contribution in [-0.2, 0) is 26.0 Å². The molecule has 3 aliphatic heterocycles. The molecule has 0 aromatic heterocycles. The molecule has 0 spiro atoms. The van der Waals surface area contributed by atoms with Crippen LogP contribution in [0.3, 0.4) is 0 Å². The quantitative estimate of drug-likeness (QED) is 0.0616. The minimum absolute atomic E-state index is 0.00438. The Morgan fingerprint density at radius 1 is 0.950 bits per heavy atom. The van der Waals surface area contributed by atoms with E-state index in [1.165, 1.54) is 43.5 Å². The molecule has 3 amide bonds. The third-order valence-corrected chi connectivity index (χ3v) is 17.3. The van der Waals surface area contributed by atoms with E-state index in [1.807, 2.05) is 0 Å². The topological polar surface area (TPSA) is 173 Å². The van der Waals surface area contributed by atoms with Gasteiger partial charge in [0.25, 0.3) is 11.8 Å². The molecule has 1 saturated heterocycles. The smallest absolute Gasteiger partial charge is 0.415 e. The average molecular weight is 827 g/mol. The maximum atomic E-state index is 15.1. The number of allylic oxidation sites excluding steroid dienone is 2. The van der Waals surface area contributed by atoms with Crippen LogP contribution in [0.15, 0.2) is 67.3 Å². The van der Waals surface area contributed by atoms with Crippen LogP contribution in [0.1, 0.15) is 91.4 Å². The van der Waals surface area contributed by atoms with Crippen molar-refractivity contribution in [3.63, 3.8) is 0 Å². The summed E-state index contributed by atoms with van der Waals surface area (Å²) in [5, 5.41) is 24.1. The molecule has 8 rings (SSSR count). The summed E-state index contributed by atoms with van der Waals surface area (Å²) >= 11 is 0. The Morgan fingerprint density at radius 2 is 1.60 bits per heavy atom. The number of epoxide rings is 1. The Bertz CT molecular complexity index is 2570. The molecule has 3 heterocycles. The number of aliphatic hydroxyl groups excluding tert-OH is 1. The van der Waals surface area contributed by atoms with Gasteiger partial charge in [0, 0.05) is 16.7 Å². The summed E-state index contributed by atoms with van der Waals surface area (Å²) in [6.07, 6.45) is 0.879. The van der Waals surface area contributed by atoms with Crippen LogP contribution in [0, 0.1) is 23.7 Å². The van der Waals surface area contributed by atoms with Gasteiger partial charge in [0.15, 0.2) is 31.4 Å². The van der Waals surface area contributed by atoms with Gasteiger partial charge in [0.1, 0.15) is 24.1 Å². The van der Waals surface area contributed by atoms with Gasteiger partial charge < -0.3 is 28.8 Å². The molecule has 0 radical (unpaired) electrons. The summed E-state index contributed by atoms with van der Waals surface area (Å²) in [4.78, 5) is 73.4. The lowest BCUT2D eigenvalue weighted by molar-refractivity contribution is 0.0640.